The molecule has 116 valence electrons. The number of methoxy groups -OCH3 is 1. The summed E-state index contributed by atoms with van der Waals surface area (Å²) in [4.78, 5) is 0. The zero-order chi connectivity index (χ0) is 15.6. The van der Waals surface area contributed by atoms with Gasteiger partial charge in [-0.2, -0.15) is 5.10 Å². The minimum absolute atomic E-state index is 0.856. The van der Waals surface area contributed by atoms with Gasteiger partial charge in [-0.3, -0.25) is 0 Å². The molecule has 1 aliphatic heterocycles. The quantitative estimate of drug-likeness (QED) is 0.802. The Morgan fingerprint density at radius 2 is 1.87 bits per heavy atom. The van der Waals surface area contributed by atoms with Crippen LogP contribution in [0.15, 0.2) is 54.6 Å². The second-order valence-corrected chi connectivity index (χ2v) is 5.72. The molecule has 0 atom stereocenters. The summed E-state index contributed by atoms with van der Waals surface area (Å²) in [5, 5.41) is 8.34. The van der Waals surface area contributed by atoms with Gasteiger partial charge in [0.2, 0.25) is 0 Å². The predicted molar refractivity (Wildman–Crippen MR) is 91.6 cm³/mol. The molecule has 0 saturated heterocycles. The zero-order valence-corrected chi connectivity index (χ0v) is 13.1. The SMILES string of the molecule is COc1ccc(-n2nc(Cc3ccccc3)c3c2NCC3)cc1. The van der Waals surface area contributed by atoms with E-state index < -0.39 is 0 Å². The van der Waals surface area contributed by atoms with E-state index in [0.29, 0.717) is 0 Å². The summed E-state index contributed by atoms with van der Waals surface area (Å²) in [7, 11) is 1.68. The molecule has 4 nitrogen and oxygen atoms in total. The Bertz CT molecular complexity index is 807. The molecule has 4 rings (SSSR count). The Morgan fingerprint density at radius 1 is 1.09 bits per heavy atom. The second-order valence-electron chi connectivity index (χ2n) is 5.72. The first-order chi connectivity index (χ1) is 11.3. The Kier molecular flexibility index (Phi) is 3.50. The number of nitrogens with zero attached hydrogens (tertiary/aromatic N) is 2. The van der Waals surface area contributed by atoms with Crippen LogP contribution in [-0.2, 0) is 12.8 Å². The first-order valence-electron chi connectivity index (χ1n) is 7.88. The lowest BCUT2D eigenvalue weighted by atomic mass is 10.1. The van der Waals surface area contributed by atoms with Crippen molar-refractivity contribution in [1.82, 2.24) is 9.78 Å². The fraction of sp³-hybridized carbons (Fsp3) is 0.211. The van der Waals surface area contributed by atoms with E-state index in [1.165, 1.54) is 11.1 Å². The van der Waals surface area contributed by atoms with E-state index in [4.69, 9.17) is 9.84 Å². The van der Waals surface area contributed by atoms with Crippen molar-refractivity contribution in [1.29, 1.82) is 0 Å². The average Bonchev–Trinajstić information content (AvgIpc) is 3.20. The van der Waals surface area contributed by atoms with Gasteiger partial charge in [-0.1, -0.05) is 30.3 Å². The van der Waals surface area contributed by atoms with Crippen molar-refractivity contribution < 1.29 is 4.74 Å². The molecular formula is C19H19N3O. The maximum atomic E-state index is 5.24. The van der Waals surface area contributed by atoms with E-state index >= 15 is 0 Å². The third kappa shape index (κ3) is 2.57. The summed E-state index contributed by atoms with van der Waals surface area (Å²) >= 11 is 0. The van der Waals surface area contributed by atoms with Gasteiger partial charge < -0.3 is 10.1 Å². The number of hydrogen-bond acceptors (Lipinski definition) is 3. The lowest BCUT2D eigenvalue weighted by Crippen LogP contribution is -2.05. The summed E-state index contributed by atoms with van der Waals surface area (Å²) in [6.45, 7) is 0.977. The molecule has 0 spiro atoms. The number of rotatable bonds is 4. The van der Waals surface area contributed by atoms with Gasteiger partial charge in [-0.05, 0) is 36.2 Å². The minimum atomic E-state index is 0.856. The molecule has 0 aliphatic carbocycles. The smallest absolute Gasteiger partial charge is 0.133 e. The van der Waals surface area contributed by atoms with E-state index in [9.17, 15) is 0 Å². The fourth-order valence-electron chi connectivity index (χ4n) is 3.09. The van der Waals surface area contributed by atoms with Gasteiger partial charge in [0, 0.05) is 18.5 Å². The van der Waals surface area contributed by atoms with Crippen molar-refractivity contribution >= 4 is 5.82 Å². The highest BCUT2D eigenvalue weighted by Crippen LogP contribution is 2.30. The number of aromatic nitrogens is 2. The normalized spacial score (nSPS) is 12.7. The van der Waals surface area contributed by atoms with Gasteiger partial charge in [0.05, 0.1) is 18.5 Å². The number of hydrogen-bond donors (Lipinski definition) is 1. The van der Waals surface area contributed by atoms with Crippen LogP contribution in [0.1, 0.15) is 16.8 Å². The minimum Gasteiger partial charge on any atom is -0.497 e. The number of fused-ring (bicyclic) bond motifs is 1. The first kappa shape index (κ1) is 13.9. The molecule has 2 aromatic carbocycles. The Balaban J connectivity index is 1.72. The molecule has 0 amide bonds. The maximum absolute atomic E-state index is 5.24. The van der Waals surface area contributed by atoms with Crippen LogP contribution in [0.3, 0.4) is 0 Å². The molecule has 0 fully saturated rings. The molecule has 2 heterocycles. The van der Waals surface area contributed by atoms with Gasteiger partial charge in [0.15, 0.2) is 0 Å². The van der Waals surface area contributed by atoms with Crippen LogP contribution in [0.5, 0.6) is 5.75 Å². The zero-order valence-electron chi connectivity index (χ0n) is 13.1. The Hall–Kier alpha value is -2.75. The largest absolute Gasteiger partial charge is 0.497 e. The highest BCUT2D eigenvalue weighted by molar-refractivity contribution is 5.58. The molecule has 23 heavy (non-hydrogen) atoms. The van der Waals surface area contributed by atoms with Crippen LogP contribution in [0.25, 0.3) is 5.69 Å². The van der Waals surface area contributed by atoms with E-state index in [1.807, 2.05) is 35.0 Å². The van der Waals surface area contributed by atoms with Crippen LogP contribution in [0, 0.1) is 0 Å². The van der Waals surface area contributed by atoms with Crippen molar-refractivity contribution in [3.05, 3.63) is 71.4 Å². The maximum Gasteiger partial charge on any atom is 0.133 e. The van der Waals surface area contributed by atoms with Crippen molar-refractivity contribution in [3.8, 4) is 11.4 Å². The van der Waals surface area contributed by atoms with Crippen molar-refractivity contribution in [2.75, 3.05) is 19.0 Å². The number of anilines is 1. The average molecular weight is 305 g/mol. The lowest BCUT2D eigenvalue weighted by Gasteiger charge is -2.07. The highest BCUT2D eigenvalue weighted by Gasteiger charge is 2.22. The number of nitrogens with one attached hydrogen (secondary N) is 1. The molecule has 0 bridgehead atoms. The molecule has 1 N–H and O–H groups in total. The summed E-state index contributed by atoms with van der Waals surface area (Å²) in [5.41, 5.74) is 4.84. The van der Waals surface area contributed by atoms with Gasteiger partial charge in [-0.25, -0.2) is 4.68 Å². The molecule has 4 heteroatoms. The summed E-state index contributed by atoms with van der Waals surface area (Å²) in [5.74, 6) is 1.98. The molecule has 1 aliphatic rings. The predicted octanol–water partition coefficient (Wildman–Crippen LogP) is 3.44. The van der Waals surface area contributed by atoms with E-state index in [2.05, 4.69) is 29.6 Å². The summed E-state index contributed by atoms with van der Waals surface area (Å²) in [6, 6.07) is 18.5. The lowest BCUT2D eigenvalue weighted by molar-refractivity contribution is 0.414. The second kappa shape index (κ2) is 5.80. The van der Waals surface area contributed by atoms with Crippen LogP contribution in [0.2, 0.25) is 0 Å². The van der Waals surface area contributed by atoms with Crippen LogP contribution in [0.4, 0.5) is 5.82 Å². The summed E-state index contributed by atoms with van der Waals surface area (Å²) < 4.78 is 7.25. The van der Waals surface area contributed by atoms with Gasteiger partial charge in [0.25, 0.3) is 0 Å². The molecule has 0 saturated carbocycles. The van der Waals surface area contributed by atoms with E-state index in [0.717, 1.165) is 42.3 Å². The summed E-state index contributed by atoms with van der Waals surface area (Å²) in [6.07, 6.45) is 1.90. The topological polar surface area (TPSA) is 39.1 Å². The van der Waals surface area contributed by atoms with Gasteiger partial charge >= 0.3 is 0 Å². The molecule has 0 radical (unpaired) electrons. The standard InChI is InChI=1S/C19H19N3O/c1-23-16-9-7-15(8-10-16)22-19-17(11-12-20-19)18(21-22)13-14-5-3-2-4-6-14/h2-10,20H,11-13H2,1H3. The molecule has 0 unspecified atom stereocenters. The fourth-order valence-corrected chi connectivity index (χ4v) is 3.09. The number of benzene rings is 2. The Labute approximate surface area is 135 Å². The van der Waals surface area contributed by atoms with Crippen molar-refractivity contribution in [3.63, 3.8) is 0 Å². The van der Waals surface area contributed by atoms with Crippen molar-refractivity contribution in [2.45, 2.75) is 12.8 Å². The molecule has 1 aromatic heterocycles. The van der Waals surface area contributed by atoms with E-state index in [1.54, 1.807) is 7.11 Å². The highest BCUT2D eigenvalue weighted by atomic mass is 16.5. The van der Waals surface area contributed by atoms with Crippen molar-refractivity contribution in [2.24, 2.45) is 0 Å². The molecular weight excluding hydrogens is 286 g/mol. The van der Waals surface area contributed by atoms with Gasteiger partial charge in [0.1, 0.15) is 11.6 Å². The first-order valence-corrected chi connectivity index (χ1v) is 7.88. The van der Waals surface area contributed by atoms with E-state index in [-0.39, 0.29) is 0 Å². The van der Waals surface area contributed by atoms with Crippen LogP contribution >= 0.6 is 0 Å². The third-order valence-electron chi connectivity index (χ3n) is 4.27. The van der Waals surface area contributed by atoms with Crippen LogP contribution in [-0.4, -0.2) is 23.4 Å². The van der Waals surface area contributed by atoms with Crippen LogP contribution < -0.4 is 10.1 Å². The molecule has 3 aromatic rings. The monoisotopic (exact) mass is 305 g/mol. The van der Waals surface area contributed by atoms with Gasteiger partial charge in [-0.15, -0.1) is 0 Å². The Morgan fingerprint density at radius 3 is 2.61 bits per heavy atom. The third-order valence-corrected chi connectivity index (χ3v) is 4.27. The number of ether oxygens (including phenoxy) is 1.